The molecule has 0 spiro atoms. The molecule has 4 aromatic rings. The molecule has 3 N–H and O–H groups in total. The number of nitrogens with one attached hydrogen (secondary N) is 1. The van der Waals surface area contributed by atoms with Gasteiger partial charge < -0.3 is 15.6 Å². The lowest BCUT2D eigenvalue weighted by molar-refractivity contribution is -0.142. The van der Waals surface area contributed by atoms with Gasteiger partial charge in [0.05, 0.1) is 29.1 Å². The minimum atomic E-state index is -0.232. The molecule has 0 saturated carbocycles. The number of rotatable bonds is 4. The van der Waals surface area contributed by atoms with Crippen molar-refractivity contribution in [3.63, 3.8) is 0 Å². The maximum absolute atomic E-state index is 13.1. The third-order valence-corrected chi connectivity index (χ3v) is 6.06. The Kier molecular flexibility index (Phi) is 4.95. The minimum absolute atomic E-state index is 0.104. The van der Waals surface area contributed by atoms with Gasteiger partial charge in [0, 0.05) is 30.0 Å². The van der Waals surface area contributed by atoms with E-state index in [1.165, 1.54) is 6.33 Å². The summed E-state index contributed by atoms with van der Waals surface area (Å²) in [5.41, 5.74) is 9.49. The number of halogens is 1. The number of aromatic nitrogens is 4. The number of amides is 1. The average molecular weight is 436 g/mol. The summed E-state index contributed by atoms with van der Waals surface area (Å²) in [4.78, 5) is 33.3. The first-order valence-electron chi connectivity index (χ1n) is 10.1. The second kappa shape index (κ2) is 7.79. The lowest BCUT2D eigenvalue weighted by atomic mass is 10.1. The van der Waals surface area contributed by atoms with Gasteiger partial charge in [0.15, 0.2) is 0 Å². The van der Waals surface area contributed by atoms with Crippen molar-refractivity contribution >= 4 is 45.3 Å². The molecule has 3 heterocycles. The Morgan fingerprint density at radius 3 is 2.87 bits per heavy atom. The van der Waals surface area contributed by atoms with Crippen molar-refractivity contribution in [3.8, 4) is 0 Å². The second-order valence-corrected chi connectivity index (χ2v) is 8.30. The van der Waals surface area contributed by atoms with Crippen molar-refractivity contribution in [2.75, 3.05) is 18.8 Å². The van der Waals surface area contributed by atoms with Gasteiger partial charge in [-0.05, 0) is 42.8 Å². The highest BCUT2D eigenvalue weighted by molar-refractivity contribution is 6.31. The van der Waals surface area contributed by atoms with Crippen molar-refractivity contribution in [1.29, 1.82) is 0 Å². The van der Waals surface area contributed by atoms with Crippen LogP contribution in [0.4, 0.5) is 5.82 Å². The van der Waals surface area contributed by atoms with Crippen molar-refractivity contribution in [3.05, 3.63) is 59.1 Å². The SMILES string of the molecule is CC1C(=O)N(Cc2ccc3c(N)ncnc3c2)CCN1Cc1nc2cc(Cl)ccc2[nH]1. The van der Waals surface area contributed by atoms with Crippen LogP contribution in [0.2, 0.25) is 5.02 Å². The van der Waals surface area contributed by atoms with Crippen molar-refractivity contribution in [2.24, 2.45) is 0 Å². The van der Waals surface area contributed by atoms with E-state index in [0.29, 0.717) is 30.5 Å². The fourth-order valence-electron chi connectivity index (χ4n) is 4.09. The molecule has 31 heavy (non-hydrogen) atoms. The number of carbonyl (C=O) groups excluding carboxylic acids is 1. The summed E-state index contributed by atoms with van der Waals surface area (Å²) in [5.74, 6) is 1.40. The number of anilines is 1. The number of hydrogen-bond acceptors (Lipinski definition) is 6. The normalized spacial score (nSPS) is 17.7. The third-order valence-electron chi connectivity index (χ3n) is 5.83. The van der Waals surface area contributed by atoms with E-state index in [-0.39, 0.29) is 11.9 Å². The molecule has 9 heteroatoms. The molecule has 1 aliphatic heterocycles. The molecule has 2 aromatic carbocycles. The van der Waals surface area contributed by atoms with Crippen LogP contribution in [0.3, 0.4) is 0 Å². The zero-order valence-electron chi connectivity index (χ0n) is 17.0. The van der Waals surface area contributed by atoms with Crippen LogP contribution >= 0.6 is 11.6 Å². The molecule has 0 radical (unpaired) electrons. The van der Waals surface area contributed by atoms with E-state index in [9.17, 15) is 4.79 Å². The Labute approximate surface area is 184 Å². The van der Waals surface area contributed by atoms with E-state index in [0.717, 1.165) is 39.9 Å². The predicted molar refractivity (Wildman–Crippen MR) is 120 cm³/mol. The molecule has 1 aliphatic rings. The monoisotopic (exact) mass is 435 g/mol. The predicted octanol–water partition coefficient (Wildman–Crippen LogP) is 2.97. The fourth-order valence-corrected chi connectivity index (χ4v) is 4.25. The number of fused-ring (bicyclic) bond motifs is 2. The summed E-state index contributed by atoms with van der Waals surface area (Å²) in [7, 11) is 0. The molecule has 1 atom stereocenters. The van der Waals surface area contributed by atoms with Crippen LogP contribution < -0.4 is 5.73 Å². The highest BCUT2D eigenvalue weighted by atomic mass is 35.5. The number of aromatic amines is 1. The summed E-state index contributed by atoms with van der Waals surface area (Å²) in [6, 6.07) is 11.2. The van der Waals surface area contributed by atoms with Crippen LogP contribution in [0.5, 0.6) is 0 Å². The maximum Gasteiger partial charge on any atom is 0.239 e. The van der Waals surface area contributed by atoms with Gasteiger partial charge in [-0.3, -0.25) is 9.69 Å². The molecule has 0 bridgehead atoms. The lowest BCUT2D eigenvalue weighted by Crippen LogP contribution is -2.55. The molecule has 8 nitrogen and oxygen atoms in total. The largest absolute Gasteiger partial charge is 0.383 e. The summed E-state index contributed by atoms with van der Waals surface area (Å²) in [6.45, 7) is 4.49. The molecule has 1 fully saturated rings. The maximum atomic E-state index is 13.1. The Morgan fingerprint density at radius 2 is 2.00 bits per heavy atom. The topological polar surface area (TPSA) is 104 Å². The van der Waals surface area contributed by atoms with Gasteiger partial charge in [-0.1, -0.05) is 17.7 Å². The van der Waals surface area contributed by atoms with Crippen molar-refractivity contribution in [1.82, 2.24) is 29.7 Å². The standard InChI is InChI=1S/C22H22ClN7O/c1-13-22(31)30(10-14-2-4-16-18(8-14)25-12-26-21(16)24)7-6-29(13)11-20-27-17-5-3-15(23)9-19(17)28-20/h2-5,8-9,12-13H,6-7,10-11H2,1H3,(H,27,28)(H2,24,25,26). The van der Waals surface area contributed by atoms with E-state index in [1.807, 2.05) is 48.2 Å². The molecule has 5 rings (SSSR count). The summed E-state index contributed by atoms with van der Waals surface area (Å²) >= 11 is 6.06. The number of H-pyrrole nitrogens is 1. The molecular formula is C22H22ClN7O. The van der Waals surface area contributed by atoms with Gasteiger partial charge in [0.1, 0.15) is 18.0 Å². The lowest BCUT2D eigenvalue weighted by Gasteiger charge is -2.38. The number of imidazole rings is 1. The van der Waals surface area contributed by atoms with E-state index < -0.39 is 0 Å². The van der Waals surface area contributed by atoms with Crippen LogP contribution in [0, 0.1) is 0 Å². The van der Waals surface area contributed by atoms with Crippen LogP contribution in [0.25, 0.3) is 21.9 Å². The molecule has 2 aromatic heterocycles. The third kappa shape index (κ3) is 3.80. The number of nitrogens with two attached hydrogens (primary N) is 1. The number of hydrogen-bond donors (Lipinski definition) is 2. The van der Waals surface area contributed by atoms with Crippen LogP contribution in [0.1, 0.15) is 18.3 Å². The Morgan fingerprint density at radius 1 is 1.13 bits per heavy atom. The first-order chi connectivity index (χ1) is 15.0. The highest BCUT2D eigenvalue weighted by Crippen LogP contribution is 2.22. The Hall–Kier alpha value is -3.23. The van der Waals surface area contributed by atoms with E-state index >= 15 is 0 Å². The van der Waals surface area contributed by atoms with E-state index in [2.05, 4.69) is 24.8 Å². The highest BCUT2D eigenvalue weighted by Gasteiger charge is 2.31. The average Bonchev–Trinajstić information content (AvgIpc) is 3.15. The quantitative estimate of drug-likeness (QED) is 0.510. The minimum Gasteiger partial charge on any atom is -0.383 e. The zero-order chi connectivity index (χ0) is 21.5. The fraction of sp³-hybridized carbons (Fsp3) is 0.273. The summed E-state index contributed by atoms with van der Waals surface area (Å²) in [6.07, 6.45) is 1.46. The number of piperazine rings is 1. The second-order valence-electron chi connectivity index (χ2n) is 7.86. The van der Waals surface area contributed by atoms with Gasteiger partial charge in [0.25, 0.3) is 0 Å². The van der Waals surface area contributed by atoms with E-state index in [4.69, 9.17) is 17.3 Å². The smallest absolute Gasteiger partial charge is 0.239 e. The number of benzene rings is 2. The molecule has 1 amide bonds. The van der Waals surface area contributed by atoms with Crippen LogP contribution in [0.15, 0.2) is 42.7 Å². The number of carbonyl (C=O) groups is 1. The first-order valence-corrected chi connectivity index (χ1v) is 10.5. The van der Waals surface area contributed by atoms with Gasteiger partial charge in [-0.25, -0.2) is 15.0 Å². The van der Waals surface area contributed by atoms with Gasteiger partial charge in [0.2, 0.25) is 5.91 Å². The van der Waals surface area contributed by atoms with Gasteiger partial charge in [-0.2, -0.15) is 0 Å². The molecule has 1 saturated heterocycles. The van der Waals surface area contributed by atoms with Crippen molar-refractivity contribution in [2.45, 2.75) is 26.1 Å². The first kappa shape index (κ1) is 19.7. The molecule has 158 valence electrons. The van der Waals surface area contributed by atoms with Gasteiger partial charge >= 0.3 is 0 Å². The molecule has 0 aliphatic carbocycles. The molecular weight excluding hydrogens is 414 g/mol. The molecule has 1 unspecified atom stereocenters. The summed E-state index contributed by atoms with van der Waals surface area (Å²) in [5, 5.41) is 1.48. The Balaban J connectivity index is 1.28. The van der Waals surface area contributed by atoms with Gasteiger partial charge in [-0.15, -0.1) is 0 Å². The van der Waals surface area contributed by atoms with Crippen LogP contribution in [-0.4, -0.2) is 54.8 Å². The van der Waals surface area contributed by atoms with E-state index in [1.54, 1.807) is 0 Å². The Bertz CT molecular complexity index is 1290. The summed E-state index contributed by atoms with van der Waals surface area (Å²) < 4.78 is 0. The van der Waals surface area contributed by atoms with Crippen molar-refractivity contribution < 1.29 is 4.79 Å². The zero-order valence-corrected chi connectivity index (χ0v) is 17.8. The van der Waals surface area contributed by atoms with Crippen LogP contribution in [-0.2, 0) is 17.9 Å². The number of nitrogens with zero attached hydrogens (tertiary/aromatic N) is 5. The number of nitrogen functional groups attached to an aromatic ring is 1.